The summed E-state index contributed by atoms with van der Waals surface area (Å²) in [6.45, 7) is 28.9. The Bertz CT molecular complexity index is 2340. The van der Waals surface area contributed by atoms with E-state index >= 15 is 0 Å². The van der Waals surface area contributed by atoms with Crippen LogP contribution in [-0.4, -0.2) is 11.7 Å². The van der Waals surface area contributed by atoms with Crippen LogP contribution in [0.2, 0.25) is 0 Å². The molecule has 0 aliphatic carbocycles. The summed E-state index contributed by atoms with van der Waals surface area (Å²) in [5.74, 6) is 0.988. The molecule has 0 radical (unpaired) electrons. The standard InChI is InChI=1S/2C26H29N4.Zn/c2*1-16-8-10-23(11-9-16)26(29-27-24-19(4)12-17(2)13-20(24)5)30-28-25-21(6)14-18(3)15-22(25)7;/h2*8-15H,1-7H3;/q2*-1;+2/b2*29-26-,30-28?;. The predicted octanol–water partition coefficient (Wildman–Crippen LogP) is 16.0. The number of azo groups is 2. The minimum Gasteiger partial charge on any atom is -0.573 e. The molecular weight excluding hydrogens is 802 g/mol. The van der Waals surface area contributed by atoms with Crippen molar-refractivity contribution in [3.8, 4) is 0 Å². The van der Waals surface area contributed by atoms with Crippen LogP contribution in [0.15, 0.2) is 128 Å². The fraction of sp³-hybridized carbons (Fsp3) is 0.269. The smallest absolute Gasteiger partial charge is 0.573 e. The molecule has 0 unspecified atom stereocenters. The van der Waals surface area contributed by atoms with Crippen molar-refractivity contribution in [2.24, 2.45) is 30.7 Å². The molecule has 0 heterocycles. The molecule has 6 rings (SSSR count). The van der Waals surface area contributed by atoms with Gasteiger partial charge in [0.1, 0.15) is 0 Å². The summed E-state index contributed by atoms with van der Waals surface area (Å²) in [7, 11) is 0. The minimum absolute atomic E-state index is 0. The second-order valence-corrected chi connectivity index (χ2v) is 16.2. The summed E-state index contributed by atoms with van der Waals surface area (Å²) in [6.07, 6.45) is 0. The zero-order valence-electron chi connectivity index (χ0n) is 38.5. The second-order valence-electron chi connectivity index (χ2n) is 16.2. The van der Waals surface area contributed by atoms with Crippen LogP contribution in [0.1, 0.15) is 89.0 Å². The van der Waals surface area contributed by atoms with E-state index in [1.807, 2.05) is 48.5 Å². The van der Waals surface area contributed by atoms with Gasteiger partial charge in [0.15, 0.2) is 11.7 Å². The number of amidine groups is 2. The molecule has 0 N–H and O–H groups in total. The van der Waals surface area contributed by atoms with E-state index < -0.39 is 0 Å². The van der Waals surface area contributed by atoms with Gasteiger partial charge in [-0.25, -0.2) is 0 Å². The first kappa shape index (κ1) is 47.8. The van der Waals surface area contributed by atoms with Gasteiger partial charge in [-0.3, -0.25) is 0 Å². The van der Waals surface area contributed by atoms with Crippen LogP contribution in [0.25, 0.3) is 10.9 Å². The van der Waals surface area contributed by atoms with Crippen molar-refractivity contribution in [2.75, 3.05) is 0 Å². The Morgan fingerprint density at radius 2 is 0.574 bits per heavy atom. The van der Waals surface area contributed by atoms with Gasteiger partial charge in [-0.1, -0.05) is 153 Å². The number of benzene rings is 6. The van der Waals surface area contributed by atoms with E-state index in [1.165, 1.54) is 33.4 Å². The van der Waals surface area contributed by atoms with Gasteiger partial charge in [0.05, 0.1) is 11.4 Å². The van der Waals surface area contributed by atoms with E-state index in [2.05, 4.69) is 187 Å². The van der Waals surface area contributed by atoms with E-state index in [4.69, 9.17) is 0 Å². The monoisotopic (exact) mass is 858 g/mol. The maximum Gasteiger partial charge on any atom is 2.00 e. The third-order valence-electron chi connectivity index (χ3n) is 10.1. The molecule has 61 heavy (non-hydrogen) atoms. The van der Waals surface area contributed by atoms with Crippen LogP contribution in [0.3, 0.4) is 0 Å². The largest absolute Gasteiger partial charge is 2.00 e. The molecule has 0 fully saturated rings. The Kier molecular flexibility index (Phi) is 16.9. The van der Waals surface area contributed by atoms with Crippen LogP contribution >= 0.6 is 0 Å². The van der Waals surface area contributed by atoms with Gasteiger partial charge >= 0.3 is 19.5 Å². The number of hydrogen-bond donors (Lipinski definition) is 0. The Morgan fingerprint density at radius 1 is 0.328 bits per heavy atom. The van der Waals surface area contributed by atoms with Crippen molar-refractivity contribution in [3.05, 3.63) is 197 Å². The van der Waals surface area contributed by atoms with Crippen molar-refractivity contribution in [1.29, 1.82) is 0 Å². The molecule has 0 aromatic heterocycles. The molecule has 0 aliphatic heterocycles. The van der Waals surface area contributed by atoms with Gasteiger partial charge in [-0.2, -0.15) is 0 Å². The number of rotatable bonds is 8. The minimum atomic E-state index is 0. The van der Waals surface area contributed by atoms with Crippen LogP contribution in [0.5, 0.6) is 0 Å². The molecular formula is C52H58N8Zn. The summed E-state index contributed by atoms with van der Waals surface area (Å²) < 4.78 is 0. The molecule has 0 saturated heterocycles. The molecule has 6 aromatic carbocycles. The predicted molar refractivity (Wildman–Crippen MR) is 253 cm³/mol. The SMILES string of the molecule is Cc1ccc(/C(N=Nc2c(C)cc(C)cc2C)=N/[N-]c2c(C)cc(C)cc2C)cc1.Cc1ccc(/C(N=Nc2c(C)cc(C)cc2C)=N/[N-]c2c(C)cc(C)cc2C)cc1.[Zn+2]. The van der Waals surface area contributed by atoms with Crippen LogP contribution in [0.4, 0.5) is 22.7 Å². The average molecular weight is 860 g/mol. The first-order valence-corrected chi connectivity index (χ1v) is 20.4. The first-order valence-electron chi connectivity index (χ1n) is 20.4. The van der Waals surface area contributed by atoms with E-state index in [0.717, 1.165) is 78.4 Å². The molecule has 9 heteroatoms. The van der Waals surface area contributed by atoms with Crippen molar-refractivity contribution in [3.63, 3.8) is 0 Å². The van der Waals surface area contributed by atoms with Crippen molar-refractivity contribution in [2.45, 2.75) is 96.9 Å². The molecule has 0 amide bonds. The molecule has 0 aliphatic rings. The van der Waals surface area contributed by atoms with Gasteiger partial charge in [0, 0.05) is 11.1 Å². The van der Waals surface area contributed by atoms with Gasteiger partial charge in [-0.15, -0.1) is 31.8 Å². The van der Waals surface area contributed by atoms with Crippen molar-refractivity contribution >= 4 is 34.4 Å². The first-order chi connectivity index (χ1) is 28.5. The van der Waals surface area contributed by atoms with Crippen LogP contribution in [-0.2, 0) is 19.5 Å². The van der Waals surface area contributed by atoms with Crippen LogP contribution in [0, 0.1) is 96.9 Å². The Balaban J connectivity index is 0.000000264. The number of hydrogen-bond acceptors (Lipinski definition) is 4. The summed E-state index contributed by atoms with van der Waals surface area (Å²) in [5, 5.41) is 27.2. The molecule has 308 valence electrons. The summed E-state index contributed by atoms with van der Waals surface area (Å²) >= 11 is 0. The molecule has 6 aromatic rings. The zero-order valence-corrected chi connectivity index (χ0v) is 41.5. The molecule has 0 saturated carbocycles. The van der Waals surface area contributed by atoms with E-state index in [1.54, 1.807) is 0 Å². The maximum atomic E-state index is 4.55. The van der Waals surface area contributed by atoms with Gasteiger partial charge in [0.2, 0.25) is 0 Å². The topological polar surface area (TPSA) is 102 Å². The zero-order chi connectivity index (χ0) is 43.7. The Labute approximate surface area is 376 Å². The fourth-order valence-electron chi connectivity index (χ4n) is 7.39. The second kappa shape index (κ2) is 21.6. The molecule has 0 spiro atoms. The van der Waals surface area contributed by atoms with Crippen molar-refractivity contribution in [1.82, 2.24) is 0 Å². The fourth-order valence-corrected chi connectivity index (χ4v) is 7.39. The maximum absolute atomic E-state index is 4.55. The summed E-state index contributed by atoms with van der Waals surface area (Å²) in [4.78, 5) is 0. The van der Waals surface area contributed by atoms with Gasteiger partial charge in [-0.05, 0) is 119 Å². The van der Waals surface area contributed by atoms with E-state index in [9.17, 15) is 0 Å². The third-order valence-corrected chi connectivity index (χ3v) is 10.1. The molecule has 8 nitrogen and oxygen atoms in total. The Morgan fingerprint density at radius 3 is 0.836 bits per heavy atom. The van der Waals surface area contributed by atoms with Crippen molar-refractivity contribution < 1.29 is 19.5 Å². The normalized spacial score (nSPS) is 11.7. The van der Waals surface area contributed by atoms with Gasteiger partial charge < -0.3 is 21.1 Å². The third kappa shape index (κ3) is 13.0. The summed E-state index contributed by atoms with van der Waals surface area (Å²) in [5.41, 5.74) is 30.4. The Hall–Kier alpha value is -5.92. The van der Waals surface area contributed by atoms with Gasteiger partial charge in [0.25, 0.3) is 0 Å². The van der Waals surface area contributed by atoms with E-state index in [-0.39, 0.29) is 19.5 Å². The summed E-state index contributed by atoms with van der Waals surface area (Å²) in [6, 6.07) is 33.2. The number of aryl methyl sites for hydroxylation is 14. The quantitative estimate of drug-likeness (QED) is 0.0478. The van der Waals surface area contributed by atoms with Crippen LogP contribution < -0.4 is 0 Å². The number of nitrogens with zero attached hydrogens (tertiary/aromatic N) is 8. The average Bonchev–Trinajstić information content (AvgIpc) is 3.15. The molecule has 0 atom stereocenters. The molecule has 0 bridgehead atoms. The van der Waals surface area contributed by atoms with E-state index in [0.29, 0.717) is 11.7 Å².